The van der Waals surface area contributed by atoms with Gasteiger partial charge in [-0.3, -0.25) is 4.31 Å². The minimum atomic E-state index is -3.59. The minimum Gasteiger partial charge on any atom is -0.363 e. The number of aryl methyl sites for hydroxylation is 1. The fourth-order valence-corrected chi connectivity index (χ4v) is 5.77. The van der Waals surface area contributed by atoms with Gasteiger partial charge in [0.2, 0.25) is 0 Å². The molecule has 192 valence electrons. The Kier molecular flexibility index (Phi) is 8.68. The number of aromatic nitrogens is 1. The molecule has 0 spiro atoms. The number of hydrogen-bond donors (Lipinski definition) is 2. The maximum Gasteiger partial charge on any atom is 0.316 e. The first-order valence-corrected chi connectivity index (χ1v) is 13.2. The number of carbonyl (C=O) groups is 1. The number of nitrogens with zero attached hydrogens (tertiary/aromatic N) is 3. The van der Waals surface area contributed by atoms with Gasteiger partial charge in [0.05, 0.1) is 5.69 Å². The molecule has 0 saturated carbocycles. The van der Waals surface area contributed by atoms with Gasteiger partial charge in [-0.15, -0.1) is 11.3 Å². The molecule has 4 rings (SSSR count). The van der Waals surface area contributed by atoms with Crippen LogP contribution in [0.15, 0.2) is 89.3 Å². The van der Waals surface area contributed by atoms with Gasteiger partial charge < -0.3 is 16.0 Å². The highest BCUT2D eigenvalue weighted by Gasteiger charge is 2.23. The Morgan fingerprint density at radius 3 is 2.17 bits per heavy atom. The second-order valence-electron chi connectivity index (χ2n) is 8.08. The van der Waals surface area contributed by atoms with E-state index in [1.165, 1.54) is 15.6 Å². The molecule has 2 heterocycles. The number of sulfonamides is 1. The number of para-hydroxylation sites is 1. The molecule has 0 bridgehead atoms. The largest absolute Gasteiger partial charge is 0.363 e. The van der Waals surface area contributed by atoms with Crippen molar-refractivity contribution in [2.45, 2.75) is 11.1 Å². The quantitative estimate of drug-likeness (QED) is 0.335. The highest BCUT2D eigenvalue weighted by atomic mass is 32.2. The zero-order valence-electron chi connectivity index (χ0n) is 20.5. The number of amides is 2. The molecule has 0 saturated heterocycles. The van der Waals surface area contributed by atoms with Gasteiger partial charge in [-0.25, -0.2) is 18.2 Å². The molecule has 2 aromatic heterocycles. The van der Waals surface area contributed by atoms with Crippen LogP contribution in [0.1, 0.15) is 8.42 Å². The van der Waals surface area contributed by atoms with E-state index in [1.54, 1.807) is 31.4 Å². The van der Waals surface area contributed by atoms with Crippen LogP contribution in [-0.2, 0) is 10.0 Å². The summed E-state index contributed by atoms with van der Waals surface area (Å²) in [4.78, 5) is 17.5. The van der Waals surface area contributed by atoms with Crippen LogP contribution in [0.4, 0.5) is 22.0 Å². The monoisotopic (exact) mass is 527 g/mol. The Hall–Kier alpha value is -3.89. The average molecular weight is 528 g/mol. The second-order valence-corrected chi connectivity index (χ2v) is 11.4. The molecule has 10 heteroatoms. The predicted molar refractivity (Wildman–Crippen MR) is 153 cm³/mol. The van der Waals surface area contributed by atoms with Gasteiger partial charge in [0.25, 0.3) is 10.0 Å². The number of rotatable bonds is 6. The maximum absolute atomic E-state index is 12.9. The number of nitrogens with two attached hydrogens (primary N) is 1. The third kappa shape index (κ3) is 6.83. The number of hydrogen-bond acceptors (Lipinski definition) is 6. The lowest BCUT2D eigenvalue weighted by Gasteiger charge is -2.18. The summed E-state index contributed by atoms with van der Waals surface area (Å²) in [5.41, 5.74) is 8.23. The fraction of sp³-hybridized carbons (Fsp3) is 0.154. The Balaban J connectivity index is 0.000000511. The van der Waals surface area contributed by atoms with Gasteiger partial charge in [0.15, 0.2) is 0 Å². The van der Waals surface area contributed by atoms with Crippen LogP contribution in [0.25, 0.3) is 10.4 Å². The standard InChI is InChI=1S/C19H21N3O2S2.C7H8N2O.2H2/c1-14-5-8-16(9-6-14)22(4)26(23,24)19-12-10-17(25-19)15-7-11-18(20-13-15)21(2)3;8-7(10)9-6-4-2-1-3-5-6;;/h5-13H,1-4H3;1-5H,(H3,8,9,10);2*1H. The van der Waals surface area contributed by atoms with E-state index in [0.29, 0.717) is 9.90 Å². The number of anilines is 3. The smallest absolute Gasteiger partial charge is 0.316 e. The number of carbonyl (C=O) groups excluding carboxylic acids is 1. The normalized spacial score (nSPS) is 10.7. The minimum absolute atomic E-state index is 0. The van der Waals surface area contributed by atoms with E-state index >= 15 is 0 Å². The Morgan fingerprint density at radius 1 is 0.944 bits per heavy atom. The van der Waals surface area contributed by atoms with Gasteiger partial charge in [0, 0.05) is 46.3 Å². The van der Waals surface area contributed by atoms with Crippen LogP contribution in [0.5, 0.6) is 0 Å². The van der Waals surface area contributed by atoms with Crippen molar-refractivity contribution in [1.29, 1.82) is 0 Å². The Morgan fingerprint density at radius 2 is 1.61 bits per heavy atom. The number of urea groups is 1. The van der Waals surface area contributed by atoms with Crippen LogP contribution < -0.4 is 20.3 Å². The summed E-state index contributed by atoms with van der Waals surface area (Å²) in [5.74, 6) is 0.859. The summed E-state index contributed by atoms with van der Waals surface area (Å²) in [6.07, 6.45) is 1.77. The molecule has 36 heavy (non-hydrogen) atoms. The summed E-state index contributed by atoms with van der Waals surface area (Å²) < 4.78 is 27.5. The number of pyridine rings is 1. The number of thiophene rings is 1. The third-order valence-electron chi connectivity index (χ3n) is 5.13. The van der Waals surface area contributed by atoms with E-state index in [0.717, 1.165) is 27.5 Å². The molecular formula is C26H33N5O3S2. The average Bonchev–Trinajstić information content (AvgIpc) is 3.36. The lowest BCUT2D eigenvalue weighted by Crippen LogP contribution is -2.25. The van der Waals surface area contributed by atoms with E-state index in [9.17, 15) is 13.2 Å². The molecule has 4 aromatic rings. The molecular weight excluding hydrogens is 494 g/mol. The summed E-state index contributed by atoms with van der Waals surface area (Å²) in [5, 5.41) is 2.44. The predicted octanol–water partition coefficient (Wildman–Crippen LogP) is 5.68. The molecule has 0 atom stereocenters. The van der Waals surface area contributed by atoms with Crippen molar-refractivity contribution in [2.75, 3.05) is 35.7 Å². The van der Waals surface area contributed by atoms with Crippen molar-refractivity contribution in [1.82, 2.24) is 4.98 Å². The van der Waals surface area contributed by atoms with Crippen LogP contribution in [-0.4, -0.2) is 40.6 Å². The molecule has 3 N–H and O–H groups in total. The number of primary amides is 1. The Labute approximate surface area is 219 Å². The highest BCUT2D eigenvalue weighted by Crippen LogP contribution is 2.33. The first-order valence-electron chi connectivity index (χ1n) is 11.0. The van der Waals surface area contributed by atoms with Crippen molar-refractivity contribution in [3.63, 3.8) is 0 Å². The van der Waals surface area contributed by atoms with Crippen LogP contribution in [0.2, 0.25) is 0 Å². The molecule has 2 aromatic carbocycles. The van der Waals surface area contributed by atoms with Gasteiger partial charge in [0.1, 0.15) is 10.0 Å². The molecule has 0 unspecified atom stereocenters. The Bertz CT molecular complexity index is 1400. The fourth-order valence-electron chi connectivity index (χ4n) is 3.10. The molecule has 2 amide bonds. The van der Waals surface area contributed by atoms with E-state index in [4.69, 9.17) is 5.73 Å². The highest BCUT2D eigenvalue weighted by molar-refractivity contribution is 7.94. The first kappa shape index (κ1) is 26.7. The molecule has 0 fully saturated rings. The van der Waals surface area contributed by atoms with Crippen molar-refractivity contribution in [3.8, 4) is 10.4 Å². The van der Waals surface area contributed by atoms with Crippen molar-refractivity contribution < 1.29 is 16.1 Å². The van der Waals surface area contributed by atoms with Crippen molar-refractivity contribution in [3.05, 3.63) is 90.6 Å². The van der Waals surface area contributed by atoms with Crippen LogP contribution >= 0.6 is 11.3 Å². The molecule has 8 nitrogen and oxygen atoms in total. The summed E-state index contributed by atoms with van der Waals surface area (Å²) in [6, 6.07) is 23.3. The topological polar surface area (TPSA) is 109 Å². The van der Waals surface area contributed by atoms with E-state index in [-0.39, 0.29) is 2.85 Å². The zero-order chi connectivity index (χ0) is 26.3. The summed E-state index contributed by atoms with van der Waals surface area (Å²) >= 11 is 1.25. The number of benzene rings is 2. The lowest BCUT2D eigenvalue weighted by molar-refractivity contribution is 0.259. The van der Waals surface area contributed by atoms with Crippen LogP contribution in [0.3, 0.4) is 0 Å². The first-order chi connectivity index (χ1) is 17.1. The van der Waals surface area contributed by atoms with Crippen molar-refractivity contribution >= 4 is 44.6 Å². The van der Waals surface area contributed by atoms with E-state index < -0.39 is 16.1 Å². The van der Waals surface area contributed by atoms with Crippen molar-refractivity contribution in [2.24, 2.45) is 5.73 Å². The van der Waals surface area contributed by atoms with Gasteiger partial charge >= 0.3 is 6.03 Å². The number of nitrogens with one attached hydrogen (secondary N) is 1. The van der Waals surface area contributed by atoms with Crippen LogP contribution in [0, 0.1) is 6.92 Å². The van der Waals surface area contributed by atoms with Gasteiger partial charge in [-0.05, 0) is 55.5 Å². The summed E-state index contributed by atoms with van der Waals surface area (Å²) in [6.45, 7) is 1.97. The van der Waals surface area contributed by atoms with Gasteiger partial charge in [-0.1, -0.05) is 35.9 Å². The molecule has 0 radical (unpaired) electrons. The van der Waals surface area contributed by atoms with E-state index in [2.05, 4.69) is 10.3 Å². The SMILES string of the molecule is Cc1ccc(N(C)S(=O)(=O)c2ccc(-c3ccc(N(C)C)nc3)s2)cc1.NC(=O)Nc1ccccc1.[HH].[HH]. The maximum atomic E-state index is 12.9. The van der Waals surface area contributed by atoms with Gasteiger partial charge in [-0.2, -0.15) is 0 Å². The third-order valence-corrected chi connectivity index (χ3v) is 8.51. The lowest BCUT2D eigenvalue weighted by atomic mass is 10.2. The molecule has 0 aliphatic heterocycles. The zero-order valence-corrected chi connectivity index (χ0v) is 22.2. The summed E-state index contributed by atoms with van der Waals surface area (Å²) in [7, 11) is 1.84. The molecule has 0 aliphatic rings. The second kappa shape index (κ2) is 11.7. The molecule has 0 aliphatic carbocycles. The van der Waals surface area contributed by atoms with E-state index in [1.807, 2.05) is 86.6 Å².